The summed E-state index contributed by atoms with van der Waals surface area (Å²) in [5.74, 6) is 0. The molecule has 3 nitrogen and oxygen atoms in total. The SMILES string of the molecule is CCOCCCNCCOC1CCC1. The van der Waals surface area contributed by atoms with Gasteiger partial charge < -0.3 is 14.8 Å². The quantitative estimate of drug-likeness (QED) is 0.574. The van der Waals surface area contributed by atoms with Gasteiger partial charge in [0.25, 0.3) is 0 Å². The fourth-order valence-corrected chi connectivity index (χ4v) is 1.40. The van der Waals surface area contributed by atoms with E-state index in [-0.39, 0.29) is 0 Å². The van der Waals surface area contributed by atoms with E-state index < -0.39 is 0 Å². The monoisotopic (exact) mass is 201 g/mol. The molecule has 3 heteroatoms. The number of nitrogens with one attached hydrogen (secondary N) is 1. The van der Waals surface area contributed by atoms with E-state index in [0.29, 0.717) is 6.10 Å². The van der Waals surface area contributed by atoms with Gasteiger partial charge in [-0.25, -0.2) is 0 Å². The Bertz CT molecular complexity index is 126. The van der Waals surface area contributed by atoms with Gasteiger partial charge in [0, 0.05) is 19.8 Å². The van der Waals surface area contributed by atoms with E-state index in [1.807, 2.05) is 6.92 Å². The normalized spacial score (nSPS) is 16.9. The van der Waals surface area contributed by atoms with Crippen LogP contribution in [0.3, 0.4) is 0 Å². The van der Waals surface area contributed by atoms with Crippen LogP contribution in [0.15, 0.2) is 0 Å². The third-order valence-corrected chi connectivity index (χ3v) is 2.53. The Labute approximate surface area is 87.2 Å². The minimum absolute atomic E-state index is 0.570. The molecule has 84 valence electrons. The van der Waals surface area contributed by atoms with Gasteiger partial charge in [0.2, 0.25) is 0 Å². The molecule has 0 heterocycles. The highest BCUT2D eigenvalue weighted by Gasteiger charge is 2.16. The van der Waals surface area contributed by atoms with E-state index in [2.05, 4.69) is 5.32 Å². The minimum atomic E-state index is 0.570. The summed E-state index contributed by atoms with van der Waals surface area (Å²) in [6.07, 6.45) is 5.55. The van der Waals surface area contributed by atoms with Crippen molar-refractivity contribution in [3.63, 3.8) is 0 Å². The number of hydrogen-bond acceptors (Lipinski definition) is 3. The second kappa shape index (κ2) is 8.21. The van der Waals surface area contributed by atoms with Crippen LogP contribution in [-0.2, 0) is 9.47 Å². The van der Waals surface area contributed by atoms with Gasteiger partial charge >= 0.3 is 0 Å². The average molecular weight is 201 g/mol. The highest BCUT2D eigenvalue weighted by Crippen LogP contribution is 2.21. The maximum absolute atomic E-state index is 5.61. The molecule has 14 heavy (non-hydrogen) atoms. The predicted molar refractivity (Wildman–Crippen MR) is 57.6 cm³/mol. The predicted octanol–water partition coefficient (Wildman–Crippen LogP) is 1.57. The van der Waals surface area contributed by atoms with Gasteiger partial charge in [0.05, 0.1) is 12.7 Å². The molecule has 0 aromatic rings. The van der Waals surface area contributed by atoms with Crippen molar-refractivity contribution in [3.8, 4) is 0 Å². The van der Waals surface area contributed by atoms with Crippen LogP contribution in [0, 0.1) is 0 Å². The lowest BCUT2D eigenvalue weighted by atomic mass is 9.96. The lowest BCUT2D eigenvalue weighted by molar-refractivity contribution is 0.00418. The first-order valence-electron chi connectivity index (χ1n) is 5.83. The smallest absolute Gasteiger partial charge is 0.0594 e. The molecule has 1 saturated carbocycles. The number of rotatable bonds is 9. The highest BCUT2D eigenvalue weighted by atomic mass is 16.5. The summed E-state index contributed by atoms with van der Waals surface area (Å²) in [5, 5.41) is 3.34. The molecule has 0 aromatic heterocycles. The van der Waals surface area contributed by atoms with Crippen molar-refractivity contribution in [1.29, 1.82) is 0 Å². The number of ether oxygens (including phenoxy) is 2. The standard InChI is InChI=1S/C11H23NO2/c1-2-13-9-4-7-12-8-10-14-11-5-3-6-11/h11-12H,2-10H2,1H3. The van der Waals surface area contributed by atoms with Crippen molar-refractivity contribution in [2.24, 2.45) is 0 Å². The molecule has 0 radical (unpaired) electrons. The average Bonchev–Trinajstić information content (AvgIpc) is 2.13. The summed E-state index contributed by atoms with van der Waals surface area (Å²) in [6.45, 7) is 6.59. The van der Waals surface area contributed by atoms with Gasteiger partial charge in [-0.3, -0.25) is 0 Å². The summed E-state index contributed by atoms with van der Waals surface area (Å²) < 4.78 is 10.8. The topological polar surface area (TPSA) is 30.5 Å². The molecule has 1 rings (SSSR count). The Hall–Kier alpha value is -0.120. The van der Waals surface area contributed by atoms with Crippen molar-refractivity contribution >= 4 is 0 Å². The molecule has 0 bridgehead atoms. The molecule has 0 aliphatic heterocycles. The molecule has 0 saturated heterocycles. The number of hydrogen-bond donors (Lipinski definition) is 1. The summed E-state index contributed by atoms with van der Waals surface area (Å²) in [6, 6.07) is 0. The molecular formula is C11H23NO2. The van der Waals surface area contributed by atoms with Crippen LogP contribution in [0.4, 0.5) is 0 Å². The minimum Gasteiger partial charge on any atom is -0.382 e. The van der Waals surface area contributed by atoms with Crippen LogP contribution in [0.2, 0.25) is 0 Å². The maximum atomic E-state index is 5.61. The van der Waals surface area contributed by atoms with Crippen LogP contribution < -0.4 is 5.32 Å². The zero-order chi connectivity index (χ0) is 10.1. The first kappa shape index (κ1) is 12.0. The van der Waals surface area contributed by atoms with E-state index in [1.165, 1.54) is 19.3 Å². The molecule has 0 amide bonds. The Morgan fingerprint density at radius 2 is 2.07 bits per heavy atom. The highest BCUT2D eigenvalue weighted by molar-refractivity contribution is 4.69. The van der Waals surface area contributed by atoms with Crippen molar-refractivity contribution < 1.29 is 9.47 Å². The van der Waals surface area contributed by atoms with Crippen molar-refractivity contribution in [3.05, 3.63) is 0 Å². The van der Waals surface area contributed by atoms with Crippen LogP contribution in [0.25, 0.3) is 0 Å². The van der Waals surface area contributed by atoms with Gasteiger partial charge in [-0.15, -0.1) is 0 Å². The lowest BCUT2D eigenvalue weighted by Gasteiger charge is -2.25. The second-order valence-corrected chi connectivity index (χ2v) is 3.72. The van der Waals surface area contributed by atoms with E-state index >= 15 is 0 Å². The molecule has 0 atom stereocenters. The van der Waals surface area contributed by atoms with Crippen LogP contribution in [0.5, 0.6) is 0 Å². The van der Waals surface area contributed by atoms with Crippen molar-refractivity contribution in [2.45, 2.75) is 38.7 Å². The van der Waals surface area contributed by atoms with E-state index in [0.717, 1.165) is 39.3 Å². The van der Waals surface area contributed by atoms with E-state index in [1.54, 1.807) is 0 Å². The molecule has 1 aliphatic rings. The van der Waals surface area contributed by atoms with Gasteiger partial charge in [-0.1, -0.05) is 0 Å². The summed E-state index contributed by atoms with van der Waals surface area (Å²) in [5.41, 5.74) is 0. The second-order valence-electron chi connectivity index (χ2n) is 3.72. The molecule has 0 aromatic carbocycles. The van der Waals surface area contributed by atoms with Gasteiger partial charge in [-0.05, 0) is 39.2 Å². The molecular weight excluding hydrogens is 178 g/mol. The summed E-state index contributed by atoms with van der Waals surface area (Å²) in [4.78, 5) is 0. The first-order chi connectivity index (χ1) is 6.93. The third-order valence-electron chi connectivity index (χ3n) is 2.53. The van der Waals surface area contributed by atoms with E-state index in [4.69, 9.17) is 9.47 Å². The molecule has 1 aliphatic carbocycles. The molecule has 1 fully saturated rings. The summed E-state index contributed by atoms with van der Waals surface area (Å²) in [7, 11) is 0. The zero-order valence-electron chi connectivity index (χ0n) is 9.26. The molecule has 0 spiro atoms. The van der Waals surface area contributed by atoms with Crippen LogP contribution in [-0.4, -0.2) is 39.0 Å². The van der Waals surface area contributed by atoms with Crippen LogP contribution in [0.1, 0.15) is 32.6 Å². The van der Waals surface area contributed by atoms with Crippen molar-refractivity contribution in [2.75, 3.05) is 32.9 Å². The Morgan fingerprint density at radius 3 is 2.71 bits per heavy atom. The largest absolute Gasteiger partial charge is 0.382 e. The Kier molecular flexibility index (Phi) is 7.01. The van der Waals surface area contributed by atoms with E-state index in [9.17, 15) is 0 Å². The fraction of sp³-hybridized carbons (Fsp3) is 1.00. The van der Waals surface area contributed by atoms with Crippen molar-refractivity contribution in [1.82, 2.24) is 5.32 Å². The van der Waals surface area contributed by atoms with Gasteiger partial charge in [0.1, 0.15) is 0 Å². The third kappa shape index (κ3) is 5.58. The Balaban J connectivity index is 1.67. The Morgan fingerprint density at radius 1 is 1.21 bits per heavy atom. The zero-order valence-corrected chi connectivity index (χ0v) is 9.26. The maximum Gasteiger partial charge on any atom is 0.0594 e. The first-order valence-corrected chi connectivity index (χ1v) is 5.83. The summed E-state index contributed by atoms with van der Waals surface area (Å²) >= 11 is 0. The van der Waals surface area contributed by atoms with Gasteiger partial charge in [-0.2, -0.15) is 0 Å². The molecule has 1 N–H and O–H groups in total. The lowest BCUT2D eigenvalue weighted by Crippen LogP contribution is -2.27. The fourth-order valence-electron chi connectivity index (χ4n) is 1.40. The molecule has 0 unspecified atom stereocenters. The van der Waals surface area contributed by atoms with Gasteiger partial charge in [0.15, 0.2) is 0 Å². The van der Waals surface area contributed by atoms with Crippen LogP contribution >= 0.6 is 0 Å².